The minimum atomic E-state index is 0.534. The largest absolute Gasteiger partial charge is 0.309 e. The highest BCUT2D eigenvalue weighted by Gasteiger charge is 2.20. The zero-order valence-corrected chi connectivity index (χ0v) is 21.4. The first-order valence-electron chi connectivity index (χ1n) is 13.5. The van der Waals surface area contributed by atoms with Crippen molar-refractivity contribution in [3.05, 3.63) is 132 Å². The molecule has 0 amide bonds. The van der Waals surface area contributed by atoms with Crippen molar-refractivity contribution in [1.82, 2.24) is 4.57 Å². The van der Waals surface area contributed by atoms with E-state index in [2.05, 4.69) is 139 Å². The number of rotatable bonds is 2. The molecule has 0 bridgehead atoms. The molecule has 1 aromatic heterocycles. The summed E-state index contributed by atoms with van der Waals surface area (Å²) < 4.78 is 2.40. The van der Waals surface area contributed by atoms with Gasteiger partial charge in [-0.25, -0.2) is 0 Å². The molecule has 7 aromatic rings. The average molecular weight is 486 g/mol. The molecule has 1 heteroatoms. The lowest BCUT2D eigenvalue weighted by atomic mass is 9.81. The van der Waals surface area contributed by atoms with E-state index in [9.17, 15) is 0 Å². The van der Waals surface area contributed by atoms with Gasteiger partial charge in [-0.2, -0.15) is 0 Å². The smallest absolute Gasteiger partial charge is 0.0547 e. The quantitative estimate of drug-likeness (QED) is 0.215. The Morgan fingerprint density at radius 3 is 2.05 bits per heavy atom. The van der Waals surface area contributed by atoms with Crippen molar-refractivity contribution in [2.45, 2.75) is 19.3 Å². The van der Waals surface area contributed by atoms with Crippen LogP contribution in [-0.4, -0.2) is 4.57 Å². The molecule has 6 aromatic carbocycles. The van der Waals surface area contributed by atoms with Crippen LogP contribution in [0, 0.1) is 0 Å². The first kappa shape index (κ1) is 21.5. The van der Waals surface area contributed by atoms with Gasteiger partial charge in [-0.3, -0.25) is 0 Å². The van der Waals surface area contributed by atoms with Crippen molar-refractivity contribution in [2.75, 3.05) is 0 Å². The number of allylic oxidation sites excluding steroid dienone is 1. The van der Waals surface area contributed by atoms with E-state index in [1.807, 2.05) is 0 Å². The van der Waals surface area contributed by atoms with Gasteiger partial charge in [0.05, 0.1) is 11.0 Å². The summed E-state index contributed by atoms with van der Waals surface area (Å²) in [5, 5.41) is 8.00. The maximum atomic E-state index is 2.40. The van der Waals surface area contributed by atoms with Gasteiger partial charge in [0.25, 0.3) is 0 Å². The molecule has 0 saturated carbocycles. The predicted octanol–water partition coefficient (Wildman–Crippen LogP) is 10.3. The second-order valence-electron chi connectivity index (χ2n) is 10.6. The Bertz CT molecular complexity index is 2060. The highest BCUT2D eigenvalue weighted by Crippen LogP contribution is 2.42. The van der Waals surface area contributed by atoms with Gasteiger partial charge in [0.1, 0.15) is 0 Å². The Morgan fingerprint density at radius 1 is 0.553 bits per heavy atom. The number of hydrogen-bond donors (Lipinski definition) is 0. The number of hydrogen-bond acceptors (Lipinski definition) is 0. The molecule has 1 nitrogen and oxygen atoms in total. The lowest BCUT2D eigenvalue weighted by Crippen LogP contribution is -2.02. The second kappa shape index (κ2) is 8.19. The van der Waals surface area contributed by atoms with Crippen LogP contribution in [0.4, 0.5) is 0 Å². The summed E-state index contributed by atoms with van der Waals surface area (Å²) in [7, 11) is 0. The van der Waals surface area contributed by atoms with Crippen molar-refractivity contribution in [3.63, 3.8) is 0 Å². The Balaban J connectivity index is 1.40. The van der Waals surface area contributed by atoms with Crippen LogP contribution in [-0.2, 0) is 0 Å². The van der Waals surface area contributed by atoms with Gasteiger partial charge in [0, 0.05) is 16.5 Å². The average Bonchev–Trinajstić information content (AvgIpc) is 3.31. The standard InChI is InChI=1S/C37H27N/c1-24-10-9-16-33-29-20-18-25(22-34(29)28-13-5-6-15-32(28)37(24)33)26-19-21-31-30-14-7-8-17-35(30)38(36(31)23-26)27-11-3-2-4-12-27/h2-9,11-24H,10H2,1H3. The number of fused-ring (bicyclic) bond motifs is 9. The van der Waals surface area contributed by atoms with Gasteiger partial charge >= 0.3 is 0 Å². The third kappa shape index (κ3) is 3.05. The molecule has 1 aliphatic rings. The summed E-state index contributed by atoms with van der Waals surface area (Å²) in [5.74, 6) is 0.534. The fraction of sp³-hybridized carbons (Fsp3) is 0.0811. The van der Waals surface area contributed by atoms with E-state index in [0.29, 0.717) is 5.92 Å². The summed E-state index contributed by atoms with van der Waals surface area (Å²) in [5.41, 5.74) is 9.05. The van der Waals surface area contributed by atoms with Gasteiger partial charge in [-0.1, -0.05) is 104 Å². The molecule has 0 N–H and O–H groups in total. The second-order valence-corrected chi connectivity index (χ2v) is 10.6. The number of nitrogens with zero attached hydrogens (tertiary/aromatic N) is 1. The van der Waals surface area contributed by atoms with Gasteiger partial charge in [-0.05, 0) is 86.5 Å². The van der Waals surface area contributed by atoms with Crippen LogP contribution in [0.1, 0.15) is 30.4 Å². The third-order valence-electron chi connectivity index (χ3n) is 8.40. The molecule has 38 heavy (non-hydrogen) atoms. The van der Waals surface area contributed by atoms with Gasteiger partial charge in [0.15, 0.2) is 0 Å². The zero-order valence-electron chi connectivity index (χ0n) is 21.4. The summed E-state index contributed by atoms with van der Waals surface area (Å²) in [6.07, 6.45) is 5.79. The molecule has 1 unspecified atom stereocenters. The molecule has 0 aliphatic heterocycles. The van der Waals surface area contributed by atoms with Gasteiger partial charge < -0.3 is 4.57 Å². The molecule has 0 saturated heterocycles. The molecule has 0 spiro atoms. The minimum absolute atomic E-state index is 0.534. The van der Waals surface area contributed by atoms with Crippen molar-refractivity contribution in [2.24, 2.45) is 0 Å². The van der Waals surface area contributed by atoms with E-state index in [-0.39, 0.29) is 0 Å². The molecular weight excluding hydrogens is 458 g/mol. The normalized spacial score (nSPS) is 15.0. The van der Waals surface area contributed by atoms with Crippen LogP contribution >= 0.6 is 0 Å². The molecule has 1 aliphatic carbocycles. The van der Waals surface area contributed by atoms with Gasteiger partial charge in [-0.15, -0.1) is 0 Å². The number of para-hydroxylation sites is 2. The molecule has 0 radical (unpaired) electrons. The van der Waals surface area contributed by atoms with Crippen LogP contribution in [0.15, 0.2) is 121 Å². The van der Waals surface area contributed by atoms with Crippen molar-refractivity contribution in [3.8, 4) is 16.8 Å². The fourth-order valence-corrected chi connectivity index (χ4v) is 6.65. The SMILES string of the molecule is CC1CC=Cc2c1c1ccccc1c1cc(-c3ccc4c5ccccc5n(-c5ccccc5)c4c3)ccc21. The lowest BCUT2D eigenvalue weighted by molar-refractivity contribution is 0.781. The summed E-state index contributed by atoms with van der Waals surface area (Å²) in [6.45, 7) is 2.36. The topological polar surface area (TPSA) is 4.93 Å². The molecule has 8 rings (SSSR count). The Hall–Kier alpha value is -4.62. The first-order valence-corrected chi connectivity index (χ1v) is 13.5. The Kier molecular flexibility index (Phi) is 4.63. The number of aromatic nitrogens is 1. The van der Waals surface area contributed by atoms with Crippen LogP contribution in [0.3, 0.4) is 0 Å². The molecule has 1 atom stereocenters. The van der Waals surface area contributed by atoms with Gasteiger partial charge in [0.2, 0.25) is 0 Å². The fourth-order valence-electron chi connectivity index (χ4n) is 6.65. The van der Waals surface area contributed by atoms with E-state index in [4.69, 9.17) is 0 Å². The monoisotopic (exact) mass is 485 g/mol. The predicted molar refractivity (Wildman–Crippen MR) is 163 cm³/mol. The maximum Gasteiger partial charge on any atom is 0.0547 e. The van der Waals surface area contributed by atoms with Crippen LogP contribution in [0.2, 0.25) is 0 Å². The molecular formula is C37H27N. The van der Waals surface area contributed by atoms with E-state index < -0.39 is 0 Å². The Morgan fingerprint density at radius 2 is 1.21 bits per heavy atom. The van der Waals surface area contributed by atoms with Crippen LogP contribution in [0.25, 0.3) is 66.2 Å². The maximum absolute atomic E-state index is 2.40. The highest BCUT2D eigenvalue weighted by atomic mass is 15.0. The van der Waals surface area contributed by atoms with Crippen LogP contribution < -0.4 is 0 Å². The molecule has 1 heterocycles. The summed E-state index contributed by atoms with van der Waals surface area (Å²) >= 11 is 0. The van der Waals surface area contributed by atoms with Crippen LogP contribution in [0.5, 0.6) is 0 Å². The summed E-state index contributed by atoms with van der Waals surface area (Å²) in [6, 6.07) is 42.4. The van der Waals surface area contributed by atoms with Crippen molar-refractivity contribution >= 4 is 49.4 Å². The molecule has 0 fully saturated rings. The number of benzene rings is 6. The first-order chi connectivity index (χ1) is 18.8. The lowest BCUT2D eigenvalue weighted by Gasteiger charge is -2.23. The van der Waals surface area contributed by atoms with E-state index in [0.717, 1.165) is 6.42 Å². The van der Waals surface area contributed by atoms with E-state index in [1.54, 1.807) is 0 Å². The zero-order chi connectivity index (χ0) is 25.2. The van der Waals surface area contributed by atoms with E-state index in [1.165, 1.54) is 71.3 Å². The minimum Gasteiger partial charge on any atom is -0.309 e. The third-order valence-corrected chi connectivity index (χ3v) is 8.40. The Labute approximate surface area is 222 Å². The van der Waals surface area contributed by atoms with E-state index >= 15 is 0 Å². The molecule has 180 valence electrons. The van der Waals surface area contributed by atoms with Crippen molar-refractivity contribution < 1.29 is 0 Å². The summed E-state index contributed by atoms with van der Waals surface area (Å²) in [4.78, 5) is 0. The van der Waals surface area contributed by atoms with Crippen molar-refractivity contribution in [1.29, 1.82) is 0 Å². The highest BCUT2D eigenvalue weighted by molar-refractivity contribution is 6.15.